The first-order chi connectivity index (χ1) is 11.0. The van der Waals surface area contributed by atoms with Gasteiger partial charge in [0, 0.05) is 37.8 Å². The van der Waals surface area contributed by atoms with Crippen LogP contribution in [0, 0.1) is 20.8 Å². The number of para-hydroxylation sites is 1. The predicted molar refractivity (Wildman–Crippen MR) is 100 cm³/mol. The van der Waals surface area contributed by atoms with Gasteiger partial charge in [-0.1, -0.05) is 18.2 Å². The Bertz CT molecular complexity index is 696. The molecule has 1 aromatic heterocycles. The molecule has 2 aromatic rings. The number of aromatic nitrogens is 2. The molecule has 0 fully saturated rings. The van der Waals surface area contributed by atoms with Crippen LogP contribution in [0.1, 0.15) is 28.9 Å². The van der Waals surface area contributed by atoms with Crippen LogP contribution in [0.25, 0.3) is 5.69 Å². The van der Waals surface area contributed by atoms with Crippen molar-refractivity contribution < 1.29 is 4.79 Å². The van der Waals surface area contributed by atoms with E-state index in [-0.39, 0.29) is 18.3 Å². The van der Waals surface area contributed by atoms with E-state index in [2.05, 4.69) is 36.4 Å². The van der Waals surface area contributed by atoms with Gasteiger partial charge in [0.2, 0.25) is 5.91 Å². The van der Waals surface area contributed by atoms with E-state index in [4.69, 9.17) is 0 Å². The van der Waals surface area contributed by atoms with E-state index in [0.29, 0.717) is 19.5 Å². The van der Waals surface area contributed by atoms with Gasteiger partial charge < -0.3 is 10.2 Å². The van der Waals surface area contributed by atoms with Crippen LogP contribution in [-0.2, 0) is 11.3 Å². The Balaban J connectivity index is 0.00000288. The lowest BCUT2D eigenvalue weighted by Gasteiger charge is -2.17. The highest BCUT2D eigenvalue weighted by atomic mass is 35.5. The van der Waals surface area contributed by atoms with Crippen LogP contribution in [0.15, 0.2) is 24.3 Å². The summed E-state index contributed by atoms with van der Waals surface area (Å²) in [4.78, 5) is 13.9. The highest BCUT2D eigenvalue weighted by Crippen LogP contribution is 2.21. The Morgan fingerprint density at radius 1 is 1.25 bits per heavy atom. The van der Waals surface area contributed by atoms with Gasteiger partial charge in [-0.25, -0.2) is 4.68 Å². The molecule has 0 unspecified atom stereocenters. The maximum Gasteiger partial charge on any atom is 0.223 e. The zero-order chi connectivity index (χ0) is 17.0. The molecule has 0 aliphatic rings. The van der Waals surface area contributed by atoms with Crippen molar-refractivity contribution in [3.63, 3.8) is 0 Å². The van der Waals surface area contributed by atoms with Gasteiger partial charge >= 0.3 is 0 Å². The molecule has 0 aliphatic carbocycles. The average molecular weight is 351 g/mol. The van der Waals surface area contributed by atoms with E-state index in [1.54, 1.807) is 4.90 Å². The second-order valence-electron chi connectivity index (χ2n) is 5.95. The molecule has 1 heterocycles. The van der Waals surface area contributed by atoms with Crippen molar-refractivity contribution in [2.24, 2.45) is 0 Å². The fourth-order valence-corrected chi connectivity index (χ4v) is 2.69. The molecule has 1 N–H and O–H groups in total. The largest absolute Gasteiger partial charge is 0.341 e. The molecule has 24 heavy (non-hydrogen) atoms. The number of nitrogens with one attached hydrogen (secondary N) is 1. The summed E-state index contributed by atoms with van der Waals surface area (Å²) in [5.74, 6) is 0.141. The fraction of sp³-hybridized carbons (Fsp3) is 0.444. The Hall–Kier alpha value is -1.85. The van der Waals surface area contributed by atoms with Gasteiger partial charge in [-0.05, 0) is 39.4 Å². The van der Waals surface area contributed by atoms with Gasteiger partial charge in [0.1, 0.15) is 0 Å². The molecule has 1 amide bonds. The summed E-state index contributed by atoms with van der Waals surface area (Å²) in [5, 5.41) is 7.69. The van der Waals surface area contributed by atoms with E-state index in [9.17, 15) is 4.79 Å². The topological polar surface area (TPSA) is 50.2 Å². The number of nitrogens with zero attached hydrogens (tertiary/aromatic N) is 3. The summed E-state index contributed by atoms with van der Waals surface area (Å²) >= 11 is 0. The van der Waals surface area contributed by atoms with Crippen molar-refractivity contribution in [1.29, 1.82) is 0 Å². The van der Waals surface area contributed by atoms with Crippen molar-refractivity contribution in [2.45, 2.75) is 33.7 Å². The molecule has 2 rings (SSSR count). The third kappa shape index (κ3) is 4.36. The number of hydrogen-bond acceptors (Lipinski definition) is 3. The quantitative estimate of drug-likeness (QED) is 0.871. The molecule has 1 aromatic carbocycles. The van der Waals surface area contributed by atoms with Crippen molar-refractivity contribution in [1.82, 2.24) is 20.0 Å². The number of halogens is 1. The van der Waals surface area contributed by atoms with Gasteiger partial charge in [-0.15, -0.1) is 12.4 Å². The number of amides is 1. The van der Waals surface area contributed by atoms with Gasteiger partial charge in [-0.2, -0.15) is 5.10 Å². The van der Waals surface area contributed by atoms with Crippen LogP contribution < -0.4 is 5.32 Å². The summed E-state index contributed by atoms with van der Waals surface area (Å²) in [5.41, 5.74) is 5.45. The lowest BCUT2D eigenvalue weighted by atomic mass is 10.1. The van der Waals surface area contributed by atoms with Crippen LogP contribution in [0.3, 0.4) is 0 Å². The predicted octanol–water partition coefficient (Wildman–Crippen LogP) is 2.79. The first-order valence-electron chi connectivity index (χ1n) is 7.95. The molecule has 132 valence electrons. The minimum absolute atomic E-state index is 0. The van der Waals surface area contributed by atoms with Crippen molar-refractivity contribution in [3.8, 4) is 5.69 Å². The molecule has 0 aliphatic heterocycles. The van der Waals surface area contributed by atoms with Crippen molar-refractivity contribution in [2.75, 3.05) is 20.6 Å². The molecule has 0 saturated heterocycles. The molecule has 5 nitrogen and oxygen atoms in total. The highest BCUT2D eigenvalue weighted by molar-refractivity contribution is 5.85. The number of rotatable bonds is 6. The van der Waals surface area contributed by atoms with E-state index < -0.39 is 0 Å². The molecule has 0 bridgehead atoms. The average Bonchev–Trinajstić information content (AvgIpc) is 2.81. The van der Waals surface area contributed by atoms with E-state index in [0.717, 1.165) is 22.6 Å². The zero-order valence-electron chi connectivity index (χ0n) is 15.1. The minimum Gasteiger partial charge on any atom is -0.341 e. The fourth-order valence-electron chi connectivity index (χ4n) is 2.69. The number of aryl methyl sites for hydroxylation is 2. The zero-order valence-corrected chi connectivity index (χ0v) is 15.9. The monoisotopic (exact) mass is 350 g/mol. The lowest BCUT2D eigenvalue weighted by Crippen LogP contribution is -2.29. The summed E-state index contributed by atoms with van der Waals surface area (Å²) in [6.07, 6.45) is 0.511. The molecule has 6 heteroatoms. The van der Waals surface area contributed by atoms with Crippen molar-refractivity contribution >= 4 is 18.3 Å². The Labute approximate surface area is 150 Å². The number of carbonyl (C=O) groups is 1. The second kappa shape index (κ2) is 8.85. The van der Waals surface area contributed by atoms with Crippen LogP contribution in [0.4, 0.5) is 0 Å². The third-order valence-corrected chi connectivity index (χ3v) is 4.19. The SMILES string of the molecule is CNCCC(=O)N(C)Cc1c(C)nn(-c2ccccc2C)c1C.Cl. The maximum absolute atomic E-state index is 12.1. The summed E-state index contributed by atoms with van der Waals surface area (Å²) in [6, 6.07) is 8.20. The summed E-state index contributed by atoms with van der Waals surface area (Å²) in [7, 11) is 3.70. The van der Waals surface area contributed by atoms with Crippen LogP contribution in [0.2, 0.25) is 0 Å². The third-order valence-electron chi connectivity index (χ3n) is 4.19. The van der Waals surface area contributed by atoms with E-state index in [1.165, 1.54) is 5.56 Å². The smallest absolute Gasteiger partial charge is 0.223 e. The Kier molecular flexibility index (Phi) is 7.45. The van der Waals surface area contributed by atoms with Crippen LogP contribution in [-0.4, -0.2) is 41.2 Å². The number of carbonyl (C=O) groups excluding carboxylic acids is 1. The Morgan fingerprint density at radius 2 is 1.92 bits per heavy atom. The maximum atomic E-state index is 12.1. The first kappa shape index (κ1) is 20.2. The van der Waals surface area contributed by atoms with Gasteiger partial charge in [0.15, 0.2) is 0 Å². The van der Waals surface area contributed by atoms with Gasteiger partial charge in [-0.3, -0.25) is 4.79 Å². The Morgan fingerprint density at radius 3 is 2.54 bits per heavy atom. The summed E-state index contributed by atoms with van der Waals surface area (Å²) < 4.78 is 1.98. The molecular formula is C18H27ClN4O. The van der Waals surface area contributed by atoms with E-state index in [1.807, 2.05) is 37.8 Å². The molecule has 0 atom stereocenters. The highest BCUT2D eigenvalue weighted by Gasteiger charge is 2.17. The molecular weight excluding hydrogens is 324 g/mol. The standard InChI is InChI=1S/C18H26N4O.ClH/c1-13-8-6-7-9-17(13)22-15(3)16(14(2)20-22)12-21(5)18(23)10-11-19-4;/h6-9,19H,10-12H2,1-5H3;1H. The number of hydrogen-bond donors (Lipinski definition) is 1. The van der Waals surface area contributed by atoms with Crippen molar-refractivity contribution in [3.05, 3.63) is 46.8 Å². The lowest BCUT2D eigenvalue weighted by molar-refractivity contribution is -0.130. The summed E-state index contributed by atoms with van der Waals surface area (Å²) in [6.45, 7) is 7.44. The first-order valence-corrected chi connectivity index (χ1v) is 7.95. The van der Waals surface area contributed by atoms with Gasteiger partial charge in [0.05, 0.1) is 11.4 Å². The normalized spacial score (nSPS) is 10.4. The second-order valence-corrected chi connectivity index (χ2v) is 5.95. The van der Waals surface area contributed by atoms with Crippen LogP contribution in [0.5, 0.6) is 0 Å². The molecule has 0 spiro atoms. The van der Waals surface area contributed by atoms with Gasteiger partial charge in [0.25, 0.3) is 0 Å². The van der Waals surface area contributed by atoms with Crippen LogP contribution >= 0.6 is 12.4 Å². The van der Waals surface area contributed by atoms with E-state index >= 15 is 0 Å². The number of benzene rings is 1. The minimum atomic E-state index is 0. The molecule has 0 radical (unpaired) electrons. The molecule has 0 saturated carbocycles.